The van der Waals surface area contributed by atoms with Gasteiger partial charge in [-0.2, -0.15) is 0 Å². The Labute approximate surface area is 202 Å². The van der Waals surface area contributed by atoms with E-state index < -0.39 is 12.2 Å². The largest absolute Gasteiger partial charge is 0.393 e. The summed E-state index contributed by atoms with van der Waals surface area (Å²) in [6, 6.07) is 20.0. The number of benzene rings is 2. The highest BCUT2D eigenvalue weighted by molar-refractivity contribution is 6.20. The van der Waals surface area contributed by atoms with E-state index in [0.29, 0.717) is 45.7 Å². The topological polar surface area (TPSA) is 68.2 Å². The number of aliphatic hydroxyl groups is 2. The predicted octanol–water partition coefficient (Wildman–Crippen LogP) is 4.86. The monoisotopic (exact) mass is 476 g/mol. The molecule has 2 N–H and O–H groups in total. The first-order chi connectivity index (χ1) is 16.1. The second-order valence-corrected chi connectivity index (χ2v) is 9.50. The molecule has 5 nitrogen and oxygen atoms in total. The lowest BCUT2D eigenvalue weighted by Crippen LogP contribution is -2.36. The fourth-order valence-electron chi connectivity index (χ4n) is 4.18. The van der Waals surface area contributed by atoms with Crippen LogP contribution in [0.1, 0.15) is 49.7 Å². The second kappa shape index (κ2) is 14.7. The number of halogens is 1. The number of hydrogen-bond acceptors (Lipinski definition) is 5. The van der Waals surface area contributed by atoms with Gasteiger partial charge in [0.05, 0.1) is 37.6 Å². The molecule has 0 radical (unpaired) electrons. The third kappa shape index (κ3) is 10.6. The zero-order valence-electron chi connectivity index (χ0n) is 19.2. The lowest BCUT2D eigenvalue weighted by molar-refractivity contribution is -0.0819. The van der Waals surface area contributed by atoms with Crippen molar-refractivity contribution in [3.8, 4) is 0 Å². The third-order valence-electron chi connectivity index (χ3n) is 5.90. The predicted molar refractivity (Wildman–Crippen MR) is 130 cm³/mol. The Balaban J connectivity index is 1.28. The van der Waals surface area contributed by atoms with Gasteiger partial charge in [-0.3, -0.25) is 0 Å². The number of ether oxygens (including phenoxy) is 3. The highest BCUT2D eigenvalue weighted by atomic mass is 35.5. The average molecular weight is 477 g/mol. The van der Waals surface area contributed by atoms with Gasteiger partial charge < -0.3 is 24.4 Å². The molecule has 2 aromatic rings. The second-order valence-electron chi connectivity index (χ2n) is 8.88. The molecule has 0 bridgehead atoms. The zero-order chi connectivity index (χ0) is 23.3. The van der Waals surface area contributed by atoms with Gasteiger partial charge in [-0.25, -0.2) is 0 Å². The van der Waals surface area contributed by atoms with Crippen LogP contribution in [0.3, 0.4) is 0 Å². The van der Waals surface area contributed by atoms with Gasteiger partial charge in [0.15, 0.2) is 0 Å². The van der Waals surface area contributed by atoms with Crippen molar-refractivity contribution in [3.63, 3.8) is 0 Å². The smallest absolute Gasteiger partial charge is 0.0716 e. The van der Waals surface area contributed by atoms with Crippen molar-refractivity contribution >= 4 is 11.6 Å². The van der Waals surface area contributed by atoms with Crippen LogP contribution in [0.5, 0.6) is 0 Å². The van der Waals surface area contributed by atoms with Crippen LogP contribution in [0.2, 0.25) is 0 Å². The molecular formula is C27H37ClO5. The molecule has 0 aromatic heterocycles. The van der Waals surface area contributed by atoms with Crippen LogP contribution < -0.4 is 0 Å². The first kappa shape index (κ1) is 26.1. The molecule has 0 saturated carbocycles. The van der Waals surface area contributed by atoms with Gasteiger partial charge in [-0.15, -0.1) is 11.6 Å². The number of hydrogen-bond donors (Lipinski definition) is 2. The van der Waals surface area contributed by atoms with Gasteiger partial charge in [-0.05, 0) is 49.7 Å². The minimum Gasteiger partial charge on any atom is -0.393 e. The highest BCUT2D eigenvalue weighted by Crippen LogP contribution is 2.28. The quantitative estimate of drug-likeness (QED) is 0.301. The maximum Gasteiger partial charge on any atom is 0.0716 e. The summed E-state index contributed by atoms with van der Waals surface area (Å²) in [6.45, 7) is 2.18. The summed E-state index contributed by atoms with van der Waals surface area (Å²) in [5, 5.41) is 20.8. The summed E-state index contributed by atoms with van der Waals surface area (Å²) < 4.78 is 17.6. The zero-order valence-corrected chi connectivity index (χ0v) is 20.0. The van der Waals surface area contributed by atoms with Gasteiger partial charge in [0.2, 0.25) is 0 Å². The fraction of sp³-hybridized carbons (Fsp3) is 0.556. The van der Waals surface area contributed by atoms with Crippen molar-refractivity contribution < 1.29 is 24.4 Å². The van der Waals surface area contributed by atoms with Crippen LogP contribution in [-0.4, -0.2) is 53.2 Å². The first-order valence-electron chi connectivity index (χ1n) is 12.0. The Morgan fingerprint density at radius 3 is 2.03 bits per heavy atom. The van der Waals surface area contributed by atoms with E-state index in [1.807, 2.05) is 60.7 Å². The molecule has 6 heteroatoms. The molecule has 1 aliphatic rings. The van der Waals surface area contributed by atoms with E-state index in [-0.39, 0.29) is 17.6 Å². The molecule has 1 fully saturated rings. The Hall–Kier alpha value is -1.47. The van der Waals surface area contributed by atoms with E-state index in [4.69, 9.17) is 25.8 Å². The van der Waals surface area contributed by atoms with Gasteiger partial charge in [0.25, 0.3) is 0 Å². The lowest BCUT2D eigenvalue weighted by Gasteiger charge is -2.34. The maximum absolute atomic E-state index is 10.5. The standard InChI is InChI=1S/C27H37ClO5/c28-23-15-26(12-14-32-20-22-9-5-2-6-10-22)33-27(16-23)18-25(30)17-24(29)11-13-31-19-21-7-3-1-4-8-21/h1-10,23-27,29-30H,11-20H2/t23-,24-,25+,26-,27-/m1/s1. The van der Waals surface area contributed by atoms with Crippen molar-refractivity contribution in [2.45, 2.75) is 81.5 Å². The molecular weight excluding hydrogens is 440 g/mol. The summed E-state index contributed by atoms with van der Waals surface area (Å²) in [5.74, 6) is 0. The number of aliphatic hydroxyl groups excluding tert-OH is 2. The normalized spacial score (nSPS) is 22.7. The van der Waals surface area contributed by atoms with Crippen molar-refractivity contribution in [1.82, 2.24) is 0 Å². The van der Waals surface area contributed by atoms with Crippen LogP contribution in [-0.2, 0) is 27.4 Å². The van der Waals surface area contributed by atoms with Crippen molar-refractivity contribution in [2.75, 3.05) is 13.2 Å². The Morgan fingerprint density at radius 2 is 1.39 bits per heavy atom. The minimum absolute atomic E-state index is 0.0329. The first-order valence-corrected chi connectivity index (χ1v) is 12.4. The molecule has 5 atom stereocenters. The molecule has 1 aliphatic heterocycles. The molecule has 1 saturated heterocycles. The third-order valence-corrected chi connectivity index (χ3v) is 6.26. The van der Waals surface area contributed by atoms with Crippen LogP contribution in [0, 0.1) is 0 Å². The molecule has 2 aromatic carbocycles. The highest BCUT2D eigenvalue weighted by Gasteiger charge is 2.30. The summed E-state index contributed by atoms with van der Waals surface area (Å²) in [7, 11) is 0. The van der Waals surface area contributed by atoms with Crippen molar-refractivity contribution in [2.24, 2.45) is 0 Å². The van der Waals surface area contributed by atoms with Gasteiger partial charge in [0, 0.05) is 18.6 Å². The molecule has 0 unspecified atom stereocenters. The van der Waals surface area contributed by atoms with E-state index >= 15 is 0 Å². The number of rotatable bonds is 14. The Morgan fingerprint density at radius 1 is 0.818 bits per heavy atom. The Bertz CT molecular complexity index is 760. The molecule has 0 spiro atoms. The molecule has 1 heterocycles. The van der Waals surface area contributed by atoms with Crippen molar-refractivity contribution in [1.29, 1.82) is 0 Å². The summed E-state index contributed by atoms with van der Waals surface area (Å²) in [4.78, 5) is 0. The van der Waals surface area contributed by atoms with Crippen LogP contribution in [0.25, 0.3) is 0 Å². The van der Waals surface area contributed by atoms with Crippen molar-refractivity contribution in [3.05, 3.63) is 71.8 Å². The minimum atomic E-state index is -0.629. The van der Waals surface area contributed by atoms with Gasteiger partial charge in [-0.1, -0.05) is 60.7 Å². The fourth-order valence-corrected chi connectivity index (χ4v) is 4.58. The molecule has 0 amide bonds. The lowest BCUT2D eigenvalue weighted by atomic mass is 9.96. The maximum atomic E-state index is 10.5. The van der Waals surface area contributed by atoms with Gasteiger partial charge >= 0.3 is 0 Å². The molecule has 3 rings (SSSR count). The van der Waals surface area contributed by atoms with E-state index in [1.165, 1.54) is 0 Å². The van der Waals surface area contributed by atoms with E-state index in [9.17, 15) is 10.2 Å². The molecule has 33 heavy (non-hydrogen) atoms. The summed E-state index contributed by atoms with van der Waals surface area (Å²) in [5.41, 5.74) is 2.26. The van der Waals surface area contributed by atoms with Crippen LogP contribution >= 0.6 is 11.6 Å². The summed E-state index contributed by atoms with van der Waals surface area (Å²) in [6.07, 6.45) is 2.28. The number of alkyl halides is 1. The average Bonchev–Trinajstić information content (AvgIpc) is 2.80. The molecule has 0 aliphatic carbocycles. The SMILES string of the molecule is O[C@H](CCOCc1ccccc1)C[C@H](O)C[C@H]1C[C@H](Cl)C[C@@H](CCOCc2ccccc2)O1. The van der Waals surface area contributed by atoms with E-state index in [1.54, 1.807) is 0 Å². The van der Waals surface area contributed by atoms with Crippen LogP contribution in [0.15, 0.2) is 60.7 Å². The van der Waals surface area contributed by atoms with Crippen LogP contribution in [0.4, 0.5) is 0 Å². The van der Waals surface area contributed by atoms with E-state index in [2.05, 4.69) is 0 Å². The van der Waals surface area contributed by atoms with Gasteiger partial charge in [0.1, 0.15) is 0 Å². The summed E-state index contributed by atoms with van der Waals surface area (Å²) >= 11 is 6.47. The molecule has 182 valence electrons. The Kier molecular flexibility index (Phi) is 11.7. The van der Waals surface area contributed by atoms with E-state index in [0.717, 1.165) is 30.4 Å².